The summed E-state index contributed by atoms with van der Waals surface area (Å²) in [5.74, 6) is 0.389. The van der Waals surface area contributed by atoms with Crippen molar-refractivity contribution in [1.82, 2.24) is 15.1 Å². The van der Waals surface area contributed by atoms with E-state index >= 15 is 0 Å². The van der Waals surface area contributed by atoms with Crippen molar-refractivity contribution in [2.24, 2.45) is 0 Å². The lowest BCUT2D eigenvalue weighted by molar-refractivity contribution is -0.131. The third-order valence-corrected chi connectivity index (χ3v) is 5.22. The largest absolute Gasteiger partial charge is 0.337 e. The molecule has 1 N–H and O–H groups in total. The van der Waals surface area contributed by atoms with Crippen molar-refractivity contribution in [3.8, 4) is 0 Å². The van der Waals surface area contributed by atoms with Gasteiger partial charge in [-0.3, -0.25) is 9.69 Å². The summed E-state index contributed by atoms with van der Waals surface area (Å²) >= 11 is 0. The average molecular weight is 249 g/mol. The van der Waals surface area contributed by atoms with E-state index < -0.39 is 0 Å². The Balaban J connectivity index is 1.43. The number of rotatable bonds is 3. The van der Waals surface area contributed by atoms with E-state index in [1.165, 1.54) is 45.2 Å². The fourth-order valence-electron chi connectivity index (χ4n) is 4.14. The third-order valence-electron chi connectivity index (χ3n) is 5.22. The van der Waals surface area contributed by atoms with Gasteiger partial charge in [-0.1, -0.05) is 0 Å². The molecule has 3 heterocycles. The SMILES string of the molecule is O=C1C(NC2CC2)CCN1C1CCN2CCCC12. The molecule has 0 radical (unpaired) electrons. The van der Waals surface area contributed by atoms with E-state index in [9.17, 15) is 4.79 Å². The molecule has 1 aliphatic carbocycles. The van der Waals surface area contributed by atoms with E-state index in [4.69, 9.17) is 0 Å². The van der Waals surface area contributed by atoms with Crippen LogP contribution in [0.1, 0.15) is 38.5 Å². The minimum absolute atomic E-state index is 0.132. The number of carbonyl (C=O) groups excluding carboxylic acids is 1. The highest BCUT2D eigenvalue weighted by molar-refractivity contribution is 5.84. The Bertz CT molecular complexity index is 355. The molecule has 3 saturated heterocycles. The maximum absolute atomic E-state index is 12.5. The highest BCUT2D eigenvalue weighted by Crippen LogP contribution is 2.33. The summed E-state index contributed by atoms with van der Waals surface area (Å²) in [4.78, 5) is 17.3. The van der Waals surface area contributed by atoms with Crippen LogP contribution in [-0.4, -0.2) is 59.5 Å². The first kappa shape index (κ1) is 11.2. The van der Waals surface area contributed by atoms with Gasteiger partial charge in [-0.2, -0.15) is 0 Å². The van der Waals surface area contributed by atoms with Crippen LogP contribution in [-0.2, 0) is 4.79 Å². The van der Waals surface area contributed by atoms with Crippen molar-refractivity contribution in [2.75, 3.05) is 19.6 Å². The predicted molar refractivity (Wildman–Crippen MR) is 69.3 cm³/mol. The number of nitrogens with zero attached hydrogens (tertiary/aromatic N) is 2. The molecule has 3 unspecified atom stereocenters. The van der Waals surface area contributed by atoms with Gasteiger partial charge in [0.1, 0.15) is 0 Å². The van der Waals surface area contributed by atoms with E-state index in [0.29, 0.717) is 24.0 Å². The lowest BCUT2D eigenvalue weighted by atomic mass is 10.1. The summed E-state index contributed by atoms with van der Waals surface area (Å²) in [6.07, 6.45) is 7.39. The molecule has 0 aromatic rings. The van der Waals surface area contributed by atoms with Gasteiger partial charge in [-0.15, -0.1) is 0 Å². The van der Waals surface area contributed by atoms with Crippen LogP contribution < -0.4 is 5.32 Å². The Morgan fingerprint density at radius 1 is 0.944 bits per heavy atom. The molecule has 4 nitrogen and oxygen atoms in total. The Morgan fingerprint density at radius 2 is 1.83 bits per heavy atom. The van der Waals surface area contributed by atoms with E-state index in [1.54, 1.807) is 0 Å². The quantitative estimate of drug-likeness (QED) is 0.794. The molecule has 4 fully saturated rings. The van der Waals surface area contributed by atoms with E-state index in [2.05, 4.69) is 15.1 Å². The van der Waals surface area contributed by atoms with Crippen molar-refractivity contribution >= 4 is 5.91 Å². The fourth-order valence-corrected chi connectivity index (χ4v) is 4.14. The topological polar surface area (TPSA) is 35.6 Å². The number of carbonyl (C=O) groups is 1. The molecule has 0 bridgehead atoms. The maximum atomic E-state index is 12.5. The number of hydrogen-bond donors (Lipinski definition) is 1. The fraction of sp³-hybridized carbons (Fsp3) is 0.929. The molecule has 0 aromatic heterocycles. The lowest BCUT2D eigenvalue weighted by Gasteiger charge is -2.29. The molecule has 4 rings (SSSR count). The van der Waals surface area contributed by atoms with Gasteiger partial charge in [0.05, 0.1) is 6.04 Å². The molecule has 3 atom stereocenters. The highest BCUT2D eigenvalue weighted by atomic mass is 16.2. The molecule has 0 spiro atoms. The van der Waals surface area contributed by atoms with Gasteiger partial charge in [0.25, 0.3) is 0 Å². The Labute approximate surface area is 109 Å². The van der Waals surface area contributed by atoms with Crippen molar-refractivity contribution in [2.45, 2.75) is 62.7 Å². The van der Waals surface area contributed by atoms with Crippen LogP contribution in [0.25, 0.3) is 0 Å². The minimum atomic E-state index is 0.132. The van der Waals surface area contributed by atoms with Crippen LogP contribution in [0.5, 0.6) is 0 Å². The van der Waals surface area contributed by atoms with Gasteiger partial charge >= 0.3 is 0 Å². The lowest BCUT2D eigenvalue weighted by Crippen LogP contribution is -2.47. The zero-order valence-electron chi connectivity index (χ0n) is 11.0. The molecule has 1 amide bonds. The van der Waals surface area contributed by atoms with Gasteiger partial charge in [0, 0.05) is 31.2 Å². The summed E-state index contributed by atoms with van der Waals surface area (Å²) in [5, 5.41) is 3.51. The van der Waals surface area contributed by atoms with Crippen molar-refractivity contribution < 1.29 is 4.79 Å². The molecule has 0 aromatic carbocycles. The molecular weight excluding hydrogens is 226 g/mol. The van der Waals surface area contributed by atoms with Crippen LogP contribution in [0.15, 0.2) is 0 Å². The zero-order chi connectivity index (χ0) is 12.1. The number of nitrogens with one attached hydrogen (secondary N) is 1. The van der Waals surface area contributed by atoms with E-state index in [-0.39, 0.29) is 6.04 Å². The number of hydrogen-bond acceptors (Lipinski definition) is 3. The minimum Gasteiger partial charge on any atom is -0.337 e. The van der Waals surface area contributed by atoms with Gasteiger partial charge in [0.2, 0.25) is 5.91 Å². The smallest absolute Gasteiger partial charge is 0.240 e. The van der Waals surface area contributed by atoms with Crippen LogP contribution >= 0.6 is 0 Å². The Kier molecular flexibility index (Phi) is 2.62. The summed E-state index contributed by atoms with van der Waals surface area (Å²) in [5.41, 5.74) is 0. The Morgan fingerprint density at radius 3 is 2.67 bits per heavy atom. The summed E-state index contributed by atoms with van der Waals surface area (Å²) < 4.78 is 0. The van der Waals surface area contributed by atoms with Crippen molar-refractivity contribution in [3.05, 3.63) is 0 Å². The van der Waals surface area contributed by atoms with Crippen LogP contribution in [0.3, 0.4) is 0 Å². The zero-order valence-corrected chi connectivity index (χ0v) is 11.0. The number of fused-ring (bicyclic) bond motifs is 1. The van der Waals surface area contributed by atoms with Gasteiger partial charge in [-0.25, -0.2) is 0 Å². The second kappa shape index (κ2) is 4.20. The second-order valence-electron chi connectivity index (χ2n) is 6.42. The van der Waals surface area contributed by atoms with Gasteiger partial charge in [-0.05, 0) is 45.1 Å². The first-order valence-electron chi connectivity index (χ1n) is 7.63. The van der Waals surface area contributed by atoms with Gasteiger partial charge in [0.15, 0.2) is 0 Å². The van der Waals surface area contributed by atoms with Crippen LogP contribution in [0, 0.1) is 0 Å². The maximum Gasteiger partial charge on any atom is 0.240 e. The predicted octanol–water partition coefficient (Wildman–Crippen LogP) is 0.576. The first-order chi connectivity index (χ1) is 8.83. The standard InChI is InChI=1S/C14H23N3O/c18-14-11(15-10-3-4-10)5-9-17(14)13-6-8-16-7-1-2-12(13)16/h10-13,15H,1-9H2. The number of likely N-dealkylation sites (tertiary alicyclic amines) is 1. The first-order valence-corrected chi connectivity index (χ1v) is 7.63. The average Bonchev–Trinajstić information content (AvgIpc) is 2.76. The third kappa shape index (κ3) is 1.77. The monoisotopic (exact) mass is 249 g/mol. The molecule has 4 heteroatoms. The van der Waals surface area contributed by atoms with Crippen molar-refractivity contribution in [3.63, 3.8) is 0 Å². The highest BCUT2D eigenvalue weighted by Gasteiger charge is 2.45. The van der Waals surface area contributed by atoms with Gasteiger partial charge < -0.3 is 10.2 Å². The summed E-state index contributed by atoms with van der Waals surface area (Å²) in [7, 11) is 0. The molecule has 3 aliphatic heterocycles. The molecule has 100 valence electrons. The van der Waals surface area contributed by atoms with E-state index in [1.807, 2.05) is 0 Å². The second-order valence-corrected chi connectivity index (χ2v) is 6.42. The summed E-state index contributed by atoms with van der Waals surface area (Å²) in [6.45, 7) is 3.45. The van der Waals surface area contributed by atoms with Crippen molar-refractivity contribution in [1.29, 1.82) is 0 Å². The van der Waals surface area contributed by atoms with Crippen LogP contribution in [0.4, 0.5) is 0 Å². The summed E-state index contributed by atoms with van der Waals surface area (Å²) in [6, 6.07) is 1.97. The van der Waals surface area contributed by atoms with E-state index in [0.717, 1.165) is 13.0 Å². The molecule has 1 saturated carbocycles. The van der Waals surface area contributed by atoms with Crippen LogP contribution in [0.2, 0.25) is 0 Å². The molecule has 18 heavy (non-hydrogen) atoms. The number of amides is 1. The normalized spacial score (nSPS) is 40.8. The molecule has 4 aliphatic rings. The molecular formula is C14H23N3O. The Hall–Kier alpha value is -0.610.